The molecule has 0 aliphatic carbocycles. The Bertz CT molecular complexity index is 835. The molecule has 0 unspecified atom stereocenters. The second-order valence-electron chi connectivity index (χ2n) is 4.94. The molecule has 8 heteroatoms. The highest BCUT2D eigenvalue weighted by Crippen LogP contribution is 2.16. The highest BCUT2D eigenvalue weighted by Gasteiger charge is 2.15. The van der Waals surface area contributed by atoms with Crippen molar-refractivity contribution in [1.82, 2.24) is 9.88 Å². The zero-order valence-corrected chi connectivity index (χ0v) is 13.4. The number of para-hydroxylation sites is 1. The van der Waals surface area contributed by atoms with Crippen LogP contribution in [0.15, 0.2) is 42.6 Å². The molecule has 0 saturated carbocycles. The summed E-state index contributed by atoms with van der Waals surface area (Å²) >= 11 is 0. The third-order valence-electron chi connectivity index (χ3n) is 3.15. The minimum atomic E-state index is -0.797. The van der Waals surface area contributed by atoms with E-state index in [1.165, 1.54) is 6.07 Å². The molecule has 0 fully saturated rings. The van der Waals surface area contributed by atoms with Crippen LogP contribution in [0.1, 0.15) is 16.1 Å². The topological polar surface area (TPSA) is 110 Å². The predicted molar refractivity (Wildman–Crippen MR) is 85.5 cm³/mol. The Balaban J connectivity index is 1.76. The van der Waals surface area contributed by atoms with Gasteiger partial charge in [-0.3, -0.25) is 14.9 Å². The van der Waals surface area contributed by atoms with Crippen molar-refractivity contribution in [3.8, 4) is 11.8 Å². The second-order valence-corrected chi connectivity index (χ2v) is 4.94. The van der Waals surface area contributed by atoms with E-state index in [0.717, 1.165) is 0 Å². The van der Waals surface area contributed by atoms with Crippen molar-refractivity contribution in [2.45, 2.75) is 0 Å². The molecule has 1 aromatic heterocycles. The van der Waals surface area contributed by atoms with Gasteiger partial charge in [0.1, 0.15) is 17.5 Å². The van der Waals surface area contributed by atoms with Gasteiger partial charge in [0, 0.05) is 13.2 Å². The molecular weight excluding hydrogens is 326 g/mol. The normalized spacial score (nSPS) is 9.76. The van der Waals surface area contributed by atoms with Gasteiger partial charge in [0.05, 0.1) is 5.56 Å². The molecule has 2 rings (SSSR count). The van der Waals surface area contributed by atoms with Gasteiger partial charge in [-0.15, -0.1) is 0 Å². The maximum absolute atomic E-state index is 11.8. The van der Waals surface area contributed by atoms with Gasteiger partial charge in [0.2, 0.25) is 0 Å². The van der Waals surface area contributed by atoms with Crippen molar-refractivity contribution < 1.29 is 23.9 Å². The van der Waals surface area contributed by atoms with E-state index in [9.17, 15) is 14.4 Å². The smallest absolute Gasteiger partial charge is 0.344 e. The molecule has 128 valence electrons. The Hall–Kier alpha value is -3.60. The summed E-state index contributed by atoms with van der Waals surface area (Å²) in [4.78, 5) is 35.0. The van der Waals surface area contributed by atoms with E-state index in [2.05, 4.69) is 5.32 Å². The molecule has 1 N–H and O–H groups in total. The lowest BCUT2D eigenvalue weighted by Gasteiger charge is -2.08. The van der Waals surface area contributed by atoms with E-state index in [0.29, 0.717) is 5.69 Å². The molecule has 0 atom stereocenters. The summed E-state index contributed by atoms with van der Waals surface area (Å²) in [6.45, 7) is -1.07. The summed E-state index contributed by atoms with van der Waals surface area (Å²) in [6.07, 6.45) is 1.66. The number of aromatic nitrogens is 1. The third kappa shape index (κ3) is 4.94. The Kier molecular flexibility index (Phi) is 5.90. The van der Waals surface area contributed by atoms with Gasteiger partial charge in [0.15, 0.2) is 13.2 Å². The second kappa shape index (κ2) is 8.31. The number of nitrogens with one attached hydrogen (secondary N) is 1. The predicted octanol–water partition coefficient (Wildman–Crippen LogP) is 0.775. The average Bonchev–Trinajstić information content (AvgIpc) is 3.04. The highest BCUT2D eigenvalue weighted by atomic mass is 16.6. The molecule has 25 heavy (non-hydrogen) atoms. The molecule has 0 radical (unpaired) electrons. The van der Waals surface area contributed by atoms with Gasteiger partial charge >= 0.3 is 5.97 Å². The zero-order chi connectivity index (χ0) is 18.2. The first-order valence-corrected chi connectivity index (χ1v) is 7.24. The van der Waals surface area contributed by atoms with E-state index < -0.39 is 31.0 Å². The first-order chi connectivity index (χ1) is 12.0. The number of hydrogen-bond acceptors (Lipinski definition) is 6. The van der Waals surface area contributed by atoms with E-state index >= 15 is 0 Å². The van der Waals surface area contributed by atoms with Gasteiger partial charge < -0.3 is 14.0 Å². The Morgan fingerprint density at radius 2 is 1.92 bits per heavy atom. The van der Waals surface area contributed by atoms with Gasteiger partial charge in [0.25, 0.3) is 11.8 Å². The summed E-state index contributed by atoms with van der Waals surface area (Å²) < 4.78 is 11.5. The van der Waals surface area contributed by atoms with Crippen molar-refractivity contribution in [1.29, 1.82) is 5.26 Å². The maximum Gasteiger partial charge on any atom is 0.344 e. The number of carbonyl (C=O) groups is 3. The number of carbonyl (C=O) groups excluding carboxylic acids is 3. The molecule has 8 nitrogen and oxygen atoms in total. The van der Waals surface area contributed by atoms with Crippen LogP contribution in [0.5, 0.6) is 5.75 Å². The van der Waals surface area contributed by atoms with Crippen LogP contribution in [0, 0.1) is 11.3 Å². The number of imide groups is 1. The van der Waals surface area contributed by atoms with E-state index in [-0.39, 0.29) is 11.3 Å². The monoisotopic (exact) mass is 341 g/mol. The van der Waals surface area contributed by atoms with Crippen molar-refractivity contribution in [2.24, 2.45) is 7.05 Å². The van der Waals surface area contributed by atoms with Crippen LogP contribution in [0.4, 0.5) is 0 Å². The molecule has 2 amide bonds. The number of nitriles is 1. The summed E-state index contributed by atoms with van der Waals surface area (Å²) in [7, 11) is 1.66. The third-order valence-corrected chi connectivity index (χ3v) is 3.15. The fourth-order valence-electron chi connectivity index (χ4n) is 1.93. The molecule has 1 aromatic carbocycles. The van der Waals surface area contributed by atoms with Crippen LogP contribution in [0.25, 0.3) is 0 Å². The van der Waals surface area contributed by atoms with Gasteiger partial charge in [-0.1, -0.05) is 12.1 Å². The lowest BCUT2D eigenvalue weighted by atomic mass is 10.2. The fourth-order valence-corrected chi connectivity index (χ4v) is 1.93. The number of hydrogen-bond donors (Lipinski definition) is 1. The Morgan fingerprint density at radius 1 is 1.16 bits per heavy atom. The van der Waals surface area contributed by atoms with Gasteiger partial charge in [-0.2, -0.15) is 5.26 Å². The lowest BCUT2D eigenvalue weighted by Crippen LogP contribution is -2.35. The summed E-state index contributed by atoms with van der Waals surface area (Å²) in [6, 6.07) is 11.5. The first kappa shape index (κ1) is 17.7. The number of rotatable bonds is 6. The average molecular weight is 341 g/mol. The fraction of sp³-hybridized carbons (Fsp3) is 0.176. The number of ether oxygens (including phenoxy) is 2. The van der Waals surface area contributed by atoms with Crippen LogP contribution < -0.4 is 10.1 Å². The molecule has 0 saturated heterocycles. The van der Waals surface area contributed by atoms with E-state index in [1.807, 2.05) is 6.07 Å². The summed E-state index contributed by atoms with van der Waals surface area (Å²) in [5.74, 6) is -1.90. The van der Waals surface area contributed by atoms with Crippen LogP contribution in [-0.2, 0) is 21.4 Å². The first-order valence-electron chi connectivity index (χ1n) is 7.24. The molecule has 0 aliphatic rings. The quantitative estimate of drug-likeness (QED) is 0.777. The van der Waals surface area contributed by atoms with Crippen LogP contribution in [0.3, 0.4) is 0 Å². The number of nitrogens with zero attached hydrogens (tertiary/aromatic N) is 2. The van der Waals surface area contributed by atoms with Crippen molar-refractivity contribution >= 4 is 17.8 Å². The zero-order valence-electron chi connectivity index (χ0n) is 13.4. The minimum Gasteiger partial charge on any atom is -0.481 e. The minimum absolute atomic E-state index is 0.241. The number of aryl methyl sites for hydroxylation is 1. The molecule has 2 aromatic rings. The number of esters is 1. The van der Waals surface area contributed by atoms with Crippen LogP contribution in [0.2, 0.25) is 0 Å². The van der Waals surface area contributed by atoms with E-state index in [1.54, 1.807) is 48.1 Å². The number of benzene rings is 1. The van der Waals surface area contributed by atoms with Crippen molar-refractivity contribution in [3.63, 3.8) is 0 Å². The molecule has 1 heterocycles. The Morgan fingerprint density at radius 3 is 2.60 bits per heavy atom. The summed E-state index contributed by atoms with van der Waals surface area (Å²) in [5, 5.41) is 11.0. The lowest BCUT2D eigenvalue weighted by molar-refractivity contribution is -0.150. The Labute approximate surface area is 143 Å². The van der Waals surface area contributed by atoms with Gasteiger partial charge in [-0.25, -0.2) is 4.79 Å². The largest absolute Gasteiger partial charge is 0.481 e. The molecular formula is C17H15N3O5. The van der Waals surface area contributed by atoms with Crippen molar-refractivity contribution in [3.05, 3.63) is 53.9 Å². The molecule has 0 spiro atoms. The van der Waals surface area contributed by atoms with Crippen molar-refractivity contribution in [2.75, 3.05) is 13.2 Å². The van der Waals surface area contributed by atoms with Crippen LogP contribution in [-0.4, -0.2) is 35.6 Å². The SMILES string of the molecule is Cn1cccc1C(=O)NC(=O)COC(=O)COc1ccccc1C#N. The van der Waals surface area contributed by atoms with E-state index in [4.69, 9.17) is 14.7 Å². The summed E-state index contributed by atoms with van der Waals surface area (Å²) in [5.41, 5.74) is 0.581. The molecule has 0 aliphatic heterocycles. The number of amides is 2. The highest BCUT2D eigenvalue weighted by molar-refractivity contribution is 6.04. The van der Waals surface area contributed by atoms with Crippen LogP contribution >= 0.6 is 0 Å². The standard InChI is InChI=1S/C17H15N3O5/c1-20-8-4-6-13(20)17(23)19-15(21)10-25-16(22)11-24-14-7-3-2-5-12(14)9-18/h2-8H,10-11H2,1H3,(H,19,21,23). The maximum atomic E-state index is 11.8. The molecule has 0 bridgehead atoms. The van der Waals surface area contributed by atoms with Gasteiger partial charge in [-0.05, 0) is 24.3 Å².